The minimum absolute atomic E-state index is 0.0733. The van der Waals surface area contributed by atoms with Crippen LogP contribution in [0.4, 0.5) is 4.39 Å². The number of carbonyl (C=O) groups is 2. The Balaban J connectivity index is 2.35. The summed E-state index contributed by atoms with van der Waals surface area (Å²) in [5, 5.41) is 9.07. The summed E-state index contributed by atoms with van der Waals surface area (Å²) in [5.41, 5.74) is -0.206. The fourth-order valence-corrected chi connectivity index (χ4v) is 4.14. The van der Waals surface area contributed by atoms with Gasteiger partial charge in [-0.15, -0.1) is 0 Å². The van der Waals surface area contributed by atoms with Crippen LogP contribution in [0.2, 0.25) is 0 Å². The van der Waals surface area contributed by atoms with Crippen molar-refractivity contribution in [2.75, 3.05) is 19.7 Å². The van der Waals surface area contributed by atoms with Crippen molar-refractivity contribution >= 4 is 22.0 Å². The molecule has 1 aromatic rings. The van der Waals surface area contributed by atoms with Crippen LogP contribution in [0, 0.1) is 11.7 Å². The van der Waals surface area contributed by atoms with Crippen LogP contribution >= 0.6 is 0 Å². The molecule has 1 fully saturated rings. The maximum atomic E-state index is 13.7. The molecule has 1 aromatic carbocycles. The Kier molecular flexibility index (Phi) is 5.55. The van der Waals surface area contributed by atoms with Gasteiger partial charge in [0.15, 0.2) is 0 Å². The van der Waals surface area contributed by atoms with E-state index in [4.69, 9.17) is 9.84 Å². The van der Waals surface area contributed by atoms with Gasteiger partial charge in [0, 0.05) is 13.1 Å². The van der Waals surface area contributed by atoms with Gasteiger partial charge in [0.2, 0.25) is 10.0 Å². The van der Waals surface area contributed by atoms with Gasteiger partial charge in [0.25, 0.3) is 0 Å². The van der Waals surface area contributed by atoms with E-state index in [2.05, 4.69) is 0 Å². The smallest absolute Gasteiger partial charge is 0.338 e. The highest BCUT2D eigenvalue weighted by Crippen LogP contribution is 2.25. The lowest BCUT2D eigenvalue weighted by Gasteiger charge is -2.29. The molecule has 7 nitrogen and oxygen atoms in total. The lowest BCUT2D eigenvalue weighted by molar-refractivity contribution is -0.142. The number of piperidine rings is 1. The van der Waals surface area contributed by atoms with Crippen molar-refractivity contribution in [2.24, 2.45) is 5.92 Å². The molecule has 24 heavy (non-hydrogen) atoms. The molecule has 1 atom stereocenters. The number of ether oxygens (including phenoxy) is 1. The van der Waals surface area contributed by atoms with Crippen LogP contribution in [0.15, 0.2) is 23.1 Å². The summed E-state index contributed by atoms with van der Waals surface area (Å²) in [6.45, 7) is 1.62. The van der Waals surface area contributed by atoms with E-state index in [0.29, 0.717) is 12.8 Å². The van der Waals surface area contributed by atoms with Crippen molar-refractivity contribution in [3.63, 3.8) is 0 Å². The highest BCUT2D eigenvalue weighted by molar-refractivity contribution is 7.89. The number of carbonyl (C=O) groups excluding carboxylic acids is 1. The minimum Gasteiger partial charge on any atom is -0.481 e. The van der Waals surface area contributed by atoms with Gasteiger partial charge in [-0.05, 0) is 38.0 Å². The first kappa shape index (κ1) is 18.3. The van der Waals surface area contributed by atoms with E-state index in [-0.39, 0.29) is 25.3 Å². The number of aliphatic carboxylic acids is 1. The number of benzene rings is 1. The number of sulfonamides is 1. The van der Waals surface area contributed by atoms with E-state index in [1.165, 1.54) is 0 Å². The minimum atomic E-state index is -4.10. The summed E-state index contributed by atoms with van der Waals surface area (Å²) in [6.07, 6.45) is 0.787. The summed E-state index contributed by atoms with van der Waals surface area (Å²) in [7, 11) is -4.10. The summed E-state index contributed by atoms with van der Waals surface area (Å²) in [6, 6.07) is 2.75. The summed E-state index contributed by atoms with van der Waals surface area (Å²) in [4.78, 5) is 22.4. The number of nitrogens with zero attached hydrogens (tertiary/aromatic N) is 1. The highest BCUT2D eigenvalue weighted by atomic mass is 32.2. The van der Waals surface area contributed by atoms with Crippen LogP contribution in [-0.4, -0.2) is 49.5 Å². The normalized spacial score (nSPS) is 19.0. The lowest BCUT2D eigenvalue weighted by atomic mass is 10.0. The van der Waals surface area contributed by atoms with E-state index in [1.807, 2.05) is 0 Å². The van der Waals surface area contributed by atoms with E-state index < -0.39 is 38.6 Å². The van der Waals surface area contributed by atoms with Gasteiger partial charge in [-0.1, -0.05) is 0 Å². The van der Waals surface area contributed by atoms with Gasteiger partial charge in [-0.25, -0.2) is 17.6 Å². The van der Waals surface area contributed by atoms with Crippen LogP contribution < -0.4 is 0 Å². The zero-order valence-electron chi connectivity index (χ0n) is 13.1. The summed E-state index contributed by atoms with van der Waals surface area (Å²) < 4.78 is 44.8. The molecule has 1 aliphatic heterocycles. The number of rotatable bonds is 5. The average molecular weight is 359 g/mol. The van der Waals surface area contributed by atoms with Crippen molar-refractivity contribution in [1.82, 2.24) is 4.31 Å². The second-order valence-electron chi connectivity index (χ2n) is 5.44. The van der Waals surface area contributed by atoms with E-state index in [9.17, 15) is 22.4 Å². The van der Waals surface area contributed by atoms with Crippen molar-refractivity contribution in [3.8, 4) is 0 Å². The van der Waals surface area contributed by atoms with Gasteiger partial charge in [-0.3, -0.25) is 4.79 Å². The Bertz CT molecular complexity index is 748. The quantitative estimate of drug-likeness (QED) is 0.800. The monoisotopic (exact) mass is 359 g/mol. The van der Waals surface area contributed by atoms with Crippen LogP contribution in [0.1, 0.15) is 30.1 Å². The second kappa shape index (κ2) is 7.27. The third-order valence-electron chi connectivity index (χ3n) is 3.75. The van der Waals surface area contributed by atoms with Gasteiger partial charge in [0.1, 0.15) is 5.82 Å². The molecule has 1 unspecified atom stereocenters. The van der Waals surface area contributed by atoms with E-state index in [1.54, 1.807) is 6.92 Å². The Labute approximate surface area is 139 Å². The molecule has 0 saturated carbocycles. The number of carboxylic acid groups (broad SMARTS) is 1. The van der Waals surface area contributed by atoms with Crippen molar-refractivity contribution in [3.05, 3.63) is 29.6 Å². The number of carboxylic acids is 1. The maximum absolute atomic E-state index is 13.7. The molecule has 132 valence electrons. The largest absolute Gasteiger partial charge is 0.481 e. The van der Waals surface area contributed by atoms with Crippen molar-refractivity contribution < 1.29 is 32.2 Å². The number of hydrogen-bond donors (Lipinski definition) is 1. The molecule has 1 aliphatic rings. The molecule has 1 N–H and O–H groups in total. The van der Waals surface area contributed by atoms with Crippen LogP contribution in [0.25, 0.3) is 0 Å². The molecule has 9 heteroatoms. The number of halogens is 1. The Morgan fingerprint density at radius 1 is 1.38 bits per heavy atom. The van der Waals surface area contributed by atoms with Gasteiger partial charge < -0.3 is 9.84 Å². The Morgan fingerprint density at radius 3 is 2.71 bits per heavy atom. The van der Waals surface area contributed by atoms with Crippen LogP contribution in [-0.2, 0) is 19.6 Å². The average Bonchev–Trinajstić information content (AvgIpc) is 2.54. The van der Waals surface area contributed by atoms with Gasteiger partial charge in [-0.2, -0.15) is 4.31 Å². The number of esters is 1. The molecule has 0 radical (unpaired) electrons. The maximum Gasteiger partial charge on any atom is 0.338 e. The molecule has 0 spiro atoms. The van der Waals surface area contributed by atoms with E-state index in [0.717, 1.165) is 22.5 Å². The first-order valence-electron chi connectivity index (χ1n) is 7.46. The van der Waals surface area contributed by atoms with Crippen LogP contribution in [0.3, 0.4) is 0 Å². The van der Waals surface area contributed by atoms with Crippen molar-refractivity contribution in [2.45, 2.75) is 24.7 Å². The Morgan fingerprint density at radius 2 is 2.08 bits per heavy atom. The molecule has 2 rings (SSSR count). The third kappa shape index (κ3) is 3.90. The fraction of sp³-hybridized carbons (Fsp3) is 0.467. The molecule has 0 bridgehead atoms. The molecule has 1 saturated heterocycles. The zero-order valence-corrected chi connectivity index (χ0v) is 13.9. The molecule has 1 heterocycles. The summed E-state index contributed by atoms with van der Waals surface area (Å²) in [5.74, 6) is -3.57. The SMILES string of the molecule is CCOC(=O)c1cc(F)cc(S(=O)(=O)N2CCCC(C(=O)O)C2)c1. The van der Waals surface area contributed by atoms with Crippen LogP contribution in [0.5, 0.6) is 0 Å². The predicted octanol–water partition coefficient (Wildman–Crippen LogP) is 1.49. The van der Waals surface area contributed by atoms with E-state index >= 15 is 0 Å². The van der Waals surface area contributed by atoms with Crippen molar-refractivity contribution in [1.29, 1.82) is 0 Å². The fourth-order valence-electron chi connectivity index (χ4n) is 2.56. The zero-order chi connectivity index (χ0) is 17.9. The Hall–Kier alpha value is -2.00. The number of hydrogen-bond acceptors (Lipinski definition) is 5. The highest BCUT2D eigenvalue weighted by Gasteiger charge is 2.33. The summed E-state index contributed by atoms with van der Waals surface area (Å²) >= 11 is 0. The molecule has 0 aliphatic carbocycles. The second-order valence-corrected chi connectivity index (χ2v) is 7.37. The van der Waals surface area contributed by atoms with Gasteiger partial charge in [0.05, 0.1) is 23.0 Å². The lowest BCUT2D eigenvalue weighted by Crippen LogP contribution is -2.42. The standard InChI is InChI=1S/C15H18FNO6S/c1-2-23-15(20)11-6-12(16)8-13(7-11)24(21,22)17-5-3-4-10(9-17)14(18)19/h6-8,10H,2-5,9H2,1H3,(H,18,19). The first-order valence-corrected chi connectivity index (χ1v) is 8.90. The molecule has 0 amide bonds. The van der Waals surface area contributed by atoms with Gasteiger partial charge >= 0.3 is 11.9 Å². The first-order chi connectivity index (χ1) is 11.3. The third-order valence-corrected chi connectivity index (χ3v) is 5.60. The molecule has 0 aromatic heterocycles. The predicted molar refractivity (Wildman–Crippen MR) is 81.5 cm³/mol. The topological polar surface area (TPSA) is 101 Å². The molecular formula is C15H18FNO6S. The molecular weight excluding hydrogens is 341 g/mol.